The van der Waals surface area contributed by atoms with E-state index in [9.17, 15) is 9.59 Å². The van der Waals surface area contributed by atoms with Crippen molar-refractivity contribution < 1.29 is 19.1 Å². The smallest absolute Gasteiger partial charge is 0.261 e. The average Bonchev–Trinajstić information content (AvgIpc) is 3.36. The predicted molar refractivity (Wildman–Crippen MR) is 108 cm³/mol. The van der Waals surface area contributed by atoms with Gasteiger partial charge in [-0.3, -0.25) is 9.59 Å². The first-order chi connectivity index (χ1) is 13.6. The number of nitrogens with one attached hydrogen (secondary N) is 1. The minimum absolute atomic E-state index is 0.0219. The molecule has 1 aromatic heterocycles. The normalized spacial score (nSPS) is 19.9. The van der Waals surface area contributed by atoms with Crippen LogP contribution >= 0.6 is 22.9 Å². The summed E-state index contributed by atoms with van der Waals surface area (Å²) >= 11 is 7.12. The van der Waals surface area contributed by atoms with Gasteiger partial charge in [-0.05, 0) is 36.4 Å². The van der Waals surface area contributed by atoms with E-state index in [-0.39, 0.29) is 24.5 Å². The number of halogens is 1. The third-order valence-electron chi connectivity index (χ3n) is 4.69. The van der Waals surface area contributed by atoms with Crippen LogP contribution in [0.5, 0.6) is 0 Å². The highest BCUT2D eigenvalue weighted by molar-refractivity contribution is 7.17. The third kappa shape index (κ3) is 4.30. The Morgan fingerprint density at radius 3 is 2.71 bits per heavy atom. The molecule has 4 rings (SSSR count). The van der Waals surface area contributed by atoms with Crippen LogP contribution in [0.1, 0.15) is 9.67 Å². The molecule has 7 nitrogen and oxygen atoms in total. The molecule has 2 aliphatic heterocycles. The lowest BCUT2D eigenvalue weighted by molar-refractivity contribution is -0.125. The number of hydrogen-bond acceptors (Lipinski definition) is 6. The maximum absolute atomic E-state index is 12.1. The molecule has 2 amide bonds. The summed E-state index contributed by atoms with van der Waals surface area (Å²) in [5.41, 5.74) is 1.89. The van der Waals surface area contributed by atoms with Crippen LogP contribution in [-0.4, -0.2) is 57.5 Å². The summed E-state index contributed by atoms with van der Waals surface area (Å²) in [6, 6.07) is 11.3. The minimum Gasteiger partial charge on any atom is -0.370 e. The molecule has 148 valence electrons. The summed E-state index contributed by atoms with van der Waals surface area (Å²) in [7, 11) is 0. The topological polar surface area (TPSA) is 71.1 Å². The lowest BCUT2D eigenvalue weighted by atomic mass is 10.2. The molecule has 0 spiro atoms. The van der Waals surface area contributed by atoms with E-state index in [1.807, 2.05) is 24.3 Å². The highest BCUT2D eigenvalue weighted by Gasteiger charge is 2.25. The summed E-state index contributed by atoms with van der Waals surface area (Å²) in [6.07, 6.45) is -0.0834. The lowest BCUT2D eigenvalue weighted by Crippen LogP contribution is -2.41. The molecule has 9 heteroatoms. The Labute approximate surface area is 171 Å². The van der Waals surface area contributed by atoms with Crippen molar-refractivity contribution in [3.63, 3.8) is 0 Å². The molecule has 1 N–H and O–H groups in total. The highest BCUT2D eigenvalue weighted by Crippen LogP contribution is 2.25. The molecule has 28 heavy (non-hydrogen) atoms. The second-order valence-corrected chi connectivity index (χ2v) is 8.28. The van der Waals surface area contributed by atoms with Crippen LogP contribution in [0.4, 0.5) is 11.4 Å². The fourth-order valence-corrected chi connectivity index (χ4v) is 4.17. The van der Waals surface area contributed by atoms with Crippen LogP contribution < -0.4 is 15.1 Å². The minimum atomic E-state index is -0.140. The van der Waals surface area contributed by atoms with Gasteiger partial charge in [-0.15, -0.1) is 11.3 Å². The van der Waals surface area contributed by atoms with Gasteiger partial charge in [0.15, 0.2) is 0 Å². The number of carbonyl (C=O) groups excluding carboxylic acids is 2. The molecular formula is C19H20ClN3O4S. The summed E-state index contributed by atoms with van der Waals surface area (Å²) in [4.78, 5) is 28.5. The molecule has 2 fully saturated rings. The fourth-order valence-electron chi connectivity index (χ4n) is 3.21. The number of anilines is 2. The van der Waals surface area contributed by atoms with Gasteiger partial charge in [-0.1, -0.05) is 11.6 Å². The zero-order chi connectivity index (χ0) is 19.5. The number of rotatable bonds is 5. The zero-order valence-electron chi connectivity index (χ0n) is 15.1. The van der Waals surface area contributed by atoms with Crippen molar-refractivity contribution in [3.05, 3.63) is 45.6 Å². The molecule has 0 radical (unpaired) electrons. The Kier molecular flexibility index (Phi) is 5.82. The molecular weight excluding hydrogens is 402 g/mol. The summed E-state index contributed by atoms with van der Waals surface area (Å²) in [6.45, 7) is 2.83. The molecule has 3 heterocycles. The Morgan fingerprint density at radius 2 is 2.00 bits per heavy atom. The van der Waals surface area contributed by atoms with Gasteiger partial charge in [0.05, 0.1) is 21.9 Å². The molecule has 0 aliphatic carbocycles. The van der Waals surface area contributed by atoms with Crippen LogP contribution in [0.25, 0.3) is 0 Å². The third-order valence-corrected chi connectivity index (χ3v) is 5.92. The van der Waals surface area contributed by atoms with Gasteiger partial charge in [-0.25, -0.2) is 0 Å². The van der Waals surface area contributed by atoms with Gasteiger partial charge in [-0.2, -0.15) is 0 Å². The second kappa shape index (κ2) is 8.48. The predicted octanol–water partition coefficient (Wildman–Crippen LogP) is 2.36. The maximum Gasteiger partial charge on any atom is 0.261 e. The standard InChI is InChI=1S/C19H20ClN3O4S/c20-17-6-5-16(28-17)19(25)21-9-15-10-22(12-27-15)13-1-3-14(4-2-13)23-7-8-26-11-18(23)24/h1-6,15H,7-12H2,(H,21,25)/t15-/m0/s1. The van der Waals surface area contributed by atoms with Gasteiger partial charge >= 0.3 is 0 Å². The monoisotopic (exact) mass is 421 g/mol. The van der Waals surface area contributed by atoms with Crippen molar-refractivity contribution in [2.75, 3.05) is 49.4 Å². The SMILES string of the molecule is O=C(NC[C@H]1CN(c2ccc(N3CCOCC3=O)cc2)CO1)c1ccc(Cl)s1. The molecule has 0 saturated carbocycles. The van der Waals surface area contributed by atoms with Gasteiger partial charge < -0.3 is 24.6 Å². The van der Waals surface area contributed by atoms with Gasteiger partial charge in [0.2, 0.25) is 0 Å². The first kappa shape index (κ1) is 19.2. The Morgan fingerprint density at radius 1 is 1.21 bits per heavy atom. The Balaban J connectivity index is 1.30. The van der Waals surface area contributed by atoms with Crippen LogP contribution in [0.3, 0.4) is 0 Å². The Hall–Kier alpha value is -2.13. The number of hydrogen-bond donors (Lipinski definition) is 1. The highest BCUT2D eigenvalue weighted by atomic mass is 35.5. The van der Waals surface area contributed by atoms with E-state index in [2.05, 4.69) is 10.2 Å². The largest absolute Gasteiger partial charge is 0.370 e. The van der Waals surface area contributed by atoms with E-state index < -0.39 is 0 Å². The van der Waals surface area contributed by atoms with Crippen molar-refractivity contribution in [2.45, 2.75) is 6.10 Å². The van der Waals surface area contributed by atoms with Crippen LogP contribution in [0, 0.1) is 0 Å². The van der Waals surface area contributed by atoms with E-state index in [0.717, 1.165) is 11.4 Å². The quantitative estimate of drug-likeness (QED) is 0.802. The van der Waals surface area contributed by atoms with E-state index in [1.165, 1.54) is 11.3 Å². The summed E-state index contributed by atoms with van der Waals surface area (Å²) in [5.74, 6) is -0.162. The van der Waals surface area contributed by atoms with E-state index >= 15 is 0 Å². The number of morpholine rings is 1. The Bertz CT molecular complexity index is 857. The molecule has 2 saturated heterocycles. The molecule has 0 unspecified atom stereocenters. The van der Waals surface area contributed by atoms with Crippen molar-refractivity contribution in [3.8, 4) is 0 Å². The van der Waals surface area contributed by atoms with E-state index in [4.69, 9.17) is 21.1 Å². The maximum atomic E-state index is 12.1. The van der Waals surface area contributed by atoms with Crippen molar-refractivity contribution in [1.29, 1.82) is 0 Å². The zero-order valence-corrected chi connectivity index (χ0v) is 16.7. The van der Waals surface area contributed by atoms with Crippen LogP contribution in [0.2, 0.25) is 4.34 Å². The first-order valence-electron chi connectivity index (χ1n) is 8.98. The number of amides is 2. The summed E-state index contributed by atoms with van der Waals surface area (Å²) in [5, 5.41) is 2.89. The van der Waals surface area contributed by atoms with E-state index in [0.29, 0.717) is 42.2 Å². The number of nitrogens with zero attached hydrogens (tertiary/aromatic N) is 2. The lowest BCUT2D eigenvalue weighted by Gasteiger charge is -2.27. The number of thiophene rings is 1. The number of carbonyl (C=O) groups is 2. The average molecular weight is 422 g/mol. The molecule has 1 aromatic carbocycles. The van der Waals surface area contributed by atoms with Gasteiger partial charge in [0.1, 0.15) is 13.3 Å². The van der Waals surface area contributed by atoms with Crippen LogP contribution in [0.15, 0.2) is 36.4 Å². The second-order valence-electron chi connectivity index (χ2n) is 6.57. The van der Waals surface area contributed by atoms with Crippen molar-refractivity contribution in [1.82, 2.24) is 5.32 Å². The molecule has 1 atom stereocenters. The summed E-state index contributed by atoms with van der Waals surface area (Å²) < 4.78 is 11.5. The van der Waals surface area contributed by atoms with Gasteiger partial charge in [0, 0.05) is 31.0 Å². The number of ether oxygens (including phenoxy) is 2. The van der Waals surface area contributed by atoms with Crippen LogP contribution in [-0.2, 0) is 14.3 Å². The first-order valence-corrected chi connectivity index (χ1v) is 10.2. The molecule has 2 aromatic rings. The fraction of sp³-hybridized carbons (Fsp3) is 0.368. The number of benzene rings is 1. The molecule has 2 aliphatic rings. The van der Waals surface area contributed by atoms with E-state index in [1.54, 1.807) is 17.0 Å². The molecule has 0 bridgehead atoms. The van der Waals surface area contributed by atoms with Gasteiger partial charge in [0.25, 0.3) is 11.8 Å². The van der Waals surface area contributed by atoms with Crippen molar-refractivity contribution in [2.24, 2.45) is 0 Å². The van der Waals surface area contributed by atoms with Crippen molar-refractivity contribution >= 4 is 46.1 Å².